The number of benzene rings is 1. The van der Waals surface area contributed by atoms with Gasteiger partial charge in [-0.05, 0) is 37.0 Å². The van der Waals surface area contributed by atoms with Crippen molar-refractivity contribution in [3.05, 3.63) is 86.3 Å². The monoisotopic (exact) mass is 434 g/mol. The van der Waals surface area contributed by atoms with E-state index in [0.717, 1.165) is 29.5 Å². The first-order chi connectivity index (χ1) is 15.5. The molecule has 1 aliphatic carbocycles. The number of anilines is 1. The molecule has 3 N–H and O–H groups in total. The molecule has 0 atom stereocenters. The van der Waals surface area contributed by atoms with Crippen molar-refractivity contribution in [2.75, 3.05) is 5.73 Å². The number of H-pyrrole nitrogens is 1. The Bertz CT molecular complexity index is 1400. The average molecular weight is 434 g/mol. The number of nitrogens with one attached hydrogen (secondary N) is 1. The van der Waals surface area contributed by atoms with Gasteiger partial charge < -0.3 is 10.7 Å². The summed E-state index contributed by atoms with van der Waals surface area (Å²) >= 11 is 0. The summed E-state index contributed by atoms with van der Waals surface area (Å²) < 4.78 is 16.9. The number of pyridine rings is 1. The molecule has 0 aliphatic heterocycles. The number of aromatic amines is 1. The van der Waals surface area contributed by atoms with E-state index in [9.17, 15) is 14.0 Å². The lowest BCUT2D eigenvalue weighted by molar-refractivity contribution is 0.273. The Morgan fingerprint density at radius 3 is 2.62 bits per heavy atom. The summed E-state index contributed by atoms with van der Waals surface area (Å²) in [6, 6.07) is 9.70. The van der Waals surface area contributed by atoms with E-state index in [2.05, 4.69) is 15.0 Å². The van der Waals surface area contributed by atoms with Crippen molar-refractivity contribution in [1.82, 2.24) is 24.1 Å². The number of imidazole rings is 1. The fourth-order valence-electron chi connectivity index (χ4n) is 4.04. The highest BCUT2D eigenvalue weighted by molar-refractivity contribution is 5.70. The van der Waals surface area contributed by atoms with Gasteiger partial charge in [-0.2, -0.15) is 0 Å². The Kier molecular flexibility index (Phi) is 5.08. The first-order valence-electron chi connectivity index (χ1n) is 10.7. The van der Waals surface area contributed by atoms with Crippen LogP contribution in [0.2, 0.25) is 0 Å². The molecule has 0 radical (unpaired) electrons. The number of nitrogens with two attached hydrogens (primary N) is 1. The largest absolute Gasteiger partial charge is 0.397 e. The van der Waals surface area contributed by atoms with E-state index >= 15 is 0 Å². The predicted octanol–water partition coefficient (Wildman–Crippen LogP) is 2.44. The lowest BCUT2D eigenvalue weighted by atomic mass is 9.85. The Balaban J connectivity index is 1.62. The minimum Gasteiger partial charge on any atom is -0.397 e. The molecule has 0 bridgehead atoms. The molecule has 3 heterocycles. The molecule has 4 aromatic rings. The second kappa shape index (κ2) is 8.07. The van der Waals surface area contributed by atoms with Crippen LogP contribution in [0.1, 0.15) is 36.3 Å². The van der Waals surface area contributed by atoms with E-state index in [1.807, 2.05) is 0 Å². The lowest BCUT2D eigenvalue weighted by Crippen LogP contribution is -2.42. The van der Waals surface area contributed by atoms with Gasteiger partial charge in [0.05, 0.1) is 18.4 Å². The molecule has 32 heavy (non-hydrogen) atoms. The fourth-order valence-corrected chi connectivity index (χ4v) is 4.04. The Labute approximate surface area is 182 Å². The van der Waals surface area contributed by atoms with Crippen LogP contribution in [0.15, 0.2) is 52.2 Å². The number of fused-ring (bicyclic) bond motifs is 1. The number of halogens is 1. The topological polar surface area (TPSA) is 112 Å². The minimum atomic E-state index is -0.512. The highest BCUT2D eigenvalue weighted by atomic mass is 19.1. The first kappa shape index (κ1) is 20.2. The molecule has 1 fully saturated rings. The Morgan fingerprint density at radius 1 is 1.12 bits per heavy atom. The van der Waals surface area contributed by atoms with Gasteiger partial charge in [0, 0.05) is 24.2 Å². The normalized spacial score (nSPS) is 14.0. The summed E-state index contributed by atoms with van der Waals surface area (Å²) in [5, 5.41) is 0. The molecule has 0 unspecified atom stereocenters. The van der Waals surface area contributed by atoms with E-state index in [4.69, 9.17) is 5.73 Å². The van der Waals surface area contributed by atoms with Gasteiger partial charge in [0.15, 0.2) is 5.65 Å². The number of nitrogens with zero attached hydrogens (tertiary/aromatic N) is 4. The summed E-state index contributed by atoms with van der Waals surface area (Å²) in [7, 11) is 0. The summed E-state index contributed by atoms with van der Waals surface area (Å²) in [5.41, 5.74) is 6.87. The van der Waals surface area contributed by atoms with Gasteiger partial charge in [-0.25, -0.2) is 14.2 Å². The van der Waals surface area contributed by atoms with Gasteiger partial charge in [0.25, 0.3) is 5.56 Å². The van der Waals surface area contributed by atoms with Crippen molar-refractivity contribution >= 4 is 16.9 Å². The molecular weight excluding hydrogens is 411 g/mol. The van der Waals surface area contributed by atoms with E-state index in [1.54, 1.807) is 41.1 Å². The SMILES string of the molecule is Nc1ccc(Cc2nc3c([nH]2)c(=O)n(Cc2ccccc2F)c(=O)n3CC2CCC2)nc1. The average Bonchev–Trinajstić information content (AvgIpc) is 3.16. The maximum Gasteiger partial charge on any atom is 0.333 e. The third kappa shape index (κ3) is 3.70. The number of hydrogen-bond donors (Lipinski definition) is 2. The molecule has 0 saturated heterocycles. The molecule has 1 aromatic carbocycles. The molecular formula is C23H23FN6O2. The van der Waals surface area contributed by atoms with Crippen LogP contribution in [-0.4, -0.2) is 24.1 Å². The highest BCUT2D eigenvalue weighted by Gasteiger charge is 2.24. The van der Waals surface area contributed by atoms with Gasteiger partial charge in [0.2, 0.25) is 0 Å². The zero-order valence-electron chi connectivity index (χ0n) is 17.4. The molecule has 0 spiro atoms. The van der Waals surface area contributed by atoms with Gasteiger partial charge in [-0.1, -0.05) is 24.6 Å². The zero-order valence-corrected chi connectivity index (χ0v) is 17.4. The van der Waals surface area contributed by atoms with Crippen molar-refractivity contribution in [3.63, 3.8) is 0 Å². The second-order valence-electron chi connectivity index (χ2n) is 8.31. The lowest BCUT2D eigenvalue weighted by Gasteiger charge is -2.26. The van der Waals surface area contributed by atoms with Crippen molar-refractivity contribution < 1.29 is 4.39 Å². The quantitative estimate of drug-likeness (QED) is 0.484. The van der Waals surface area contributed by atoms with Crippen LogP contribution in [0.3, 0.4) is 0 Å². The van der Waals surface area contributed by atoms with Crippen molar-refractivity contribution in [3.8, 4) is 0 Å². The van der Waals surface area contributed by atoms with Crippen LogP contribution in [0.5, 0.6) is 0 Å². The van der Waals surface area contributed by atoms with Gasteiger partial charge in [0.1, 0.15) is 17.2 Å². The molecule has 9 heteroatoms. The van der Waals surface area contributed by atoms with E-state index in [-0.39, 0.29) is 17.6 Å². The summed E-state index contributed by atoms with van der Waals surface area (Å²) in [5.74, 6) is 0.443. The Hall–Kier alpha value is -3.75. The minimum absolute atomic E-state index is 0.140. The standard InChI is InChI=1S/C23H23FN6O2/c24-18-7-2-1-6-15(18)13-30-22(31)20-21(29(23(30)32)12-14-4-3-5-14)28-19(27-20)10-17-9-8-16(25)11-26-17/h1-2,6-9,11,14H,3-5,10,12-13,25H2,(H,27,28). The summed E-state index contributed by atoms with van der Waals surface area (Å²) in [6.45, 7) is 0.343. The van der Waals surface area contributed by atoms with Crippen LogP contribution in [0.25, 0.3) is 11.2 Å². The molecule has 0 amide bonds. The van der Waals surface area contributed by atoms with Crippen LogP contribution >= 0.6 is 0 Å². The third-order valence-electron chi connectivity index (χ3n) is 6.06. The molecule has 164 valence electrons. The first-order valence-corrected chi connectivity index (χ1v) is 10.7. The highest BCUT2D eigenvalue weighted by Crippen LogP contribution is 2.28. The van der Waals surface area contributed by atoms with Gasteiger partial charge in [-0.15, -0.1) is 0 Å². The third-order valence-corrected chi connectivity index (χ3v) is 6.06. The molecule has 5 rings (SSSR count). The van der Waals surface area contributed by atoms with Gasteiger partial charge >= 0.3 is 5.69 Å². The predicted molar refractivity (Wildman–Crippen MR) is 119 cm³/mol. The van der Waals surface area contributed by atoms with E-state index < -0.39 is 17.1 Å². The second-order valence-corrected chi connectivity index (χ2v) is 8.31. The van der Waals surface area contributed by atoms with Crippen molar-refractivity contribution in [1.29, 1.82) is 0 Å². The van der Waals surface area contributed by atoms with Crippen LogP contribution in [-0.2, 0) is 19.5 Å². The number of rotatable bonds is 6. The number of nitrogen functional groups attached to an aromatic ring is 1. The van der Waals surface area contributed by atoms with Crippen molar-refractivity contribution in [2.24, 2.45) is 5.92 Å². The summed E-state index contributed by atoms with van der Waals surface area (Å²) in [4.78, 5) is 38.5. The molecule has 1 aliphatic rings. The van der Waals surface area contributed by atoms with Crippen LogP contribution < -0.4 is 17.0 Å². The van der Waals surface area contributed by atoms with Crippen LogP contribution in [0.4, 0.5) is 10.1 Å². The maximum atomic E-state index is 14.2. The van der Waals surface area contributed by atoms with E-state index in [1.165, 1.54) is 6.07 Å². The molecule has 1 saturated carbocycles. The maximum absolute atomic E-state index is 14.2. The van der Waals surface area contributed by atoms with Crippen molar-refractivity contribution in [2.45, 2.75) is 38.8 Å². The zero-order chi connectivity index (χ0) is 22.2. The van der Waals surface area contributed by atoms with Crippen LogP contribution in [0, 0.1) is 11.7 Å². The number of hydrogen-bond acceptors (Lipinski definition) is 5. The summed E-state index contributed by atoms with van der Waals surface area (Å²) in [6.07, 6.45) is 5.12. The number of aromatic nitrogens is 5. The molecule has 8 nitrogen and oxygen atoms in total. The van der Waals surface area contributed by atoms with E-state index in [0.29, 0.717) is 36.0 Å². The van der Waals surface area contributed by atoms with Gasteiger partial charge in [-0.3, -0.25) is 18.9 Å². The Morgan fingerprint density at radius 2 is 1.94 bits per heavy atom. The fraction of sp³-hybridized carbons (Fsp3) is 0.304. The molecule has 3 aromatic heterocycles. The smallest absolute Gasteiger partial charge is 0.333 e.